The first-order valence-corrected chi connectivity index (χ1v) is 11.6. The first-order chi connectivity index (χ1) is 16.0. The molecule has 0 aromatic heterocycles. The van der Waals surface area contributed by atoms with Crippen LogP contribution in [0.25, 0.3) is 0 Å². The second-order valence-electron chi connectivity index (χ2n) is 10.1. The molecule has 0 radical (unpaired) electrons. The molecular formula is C26H30O8. The van der Waals surface area contributed by atoms with Crippen LogP contribution in [-0.2, 0) is 19.1 Å². The zero-order valence-corrected chi connectivity index (χ0v) is 19.6. The van der Waals surface area contributed by atoms with E-state index in [0.717, 1.165) is 0 Å². The van der Waals surface area contributed by atoms with Crippen molar-refractivity contribution < 1.29 is 39.5 Å². The van der Waals surface area contributed by atoms with Gasteiger partial charge < -0.3 is 29.9 Å². The minimum Gasteiger partial charge on any atom is -0.511 e. The van der Waals surface area contributed by atoms with Crippen molar-refractivity contribution in [3.63, 3.8) is 0 Å². The first kappa shape index (κ1) is 23.2. The number of allylic oxidation sites excluding steroid dienone is 6. The fourth-order valence-electron chi connectivity index (χ4n) is 6.95. The van der Waals surface area contributed by atoms with Crippen LogP contribution in [0.4, 0.5) is 0 Å². The molecule has 34 heavy (non-hydrogen) atoms. The largest absolute Gasteiger partial charge is 0.511 e. The number of Topliss-reactive ketones (excluding diaryl/α,β-unsaturated/α-hetero) is 2. The van der Waals surface area contributed by atoms with E-state index in [0.29, 0.717) is 6.42 Å². The van der Waals surface area contributed by atoms with Crippen LogP contribution in [0, 0.1) is 22.7 Å². The van der Waals surface area contributed by atoms with Crippen LogP contribution in [0.5, 0.6) is 0 Å². The monoisotopic (exact) mass is 470 g/mol. The number of aliphatic hydroxyl groups is 4. The van der Waals surface area contributed by atoms with Gasteiger partial charge >= 0.3 is 0 Å². The maximum atomic E-state index is 14.1. The minimum absolute atomic E-state index is 0.00889. The van der Waals surface area contributed by atoms with Crippen LogP contribution in [0.2, 0.25) is 0 Å². The summed E-state index contributed by atoms with van der Waals surface area (Å²) in [4.78, 5) is 27.4. The van der Waals surface area contributed by atoms with Crippen molar-refractivity contribution in [1.29, 1.82) is 0 Å². The van der Waals surface area contributed by atoms with Crippen LogP contribution >= 0.6 is 0 Å². The van der Waals surface area contributed by atoms with Crippen LogP contribution < -0.4 is 0 Å². The zero-order chi connectivity index (χ0) is 24.8. The average Bonchev–Trinajstić information content (AvgIpc) is 3.17. The highest BCUT2D eigenvalue weighted by Crippen LogP contribution is 2.78. The van der Waals surface area contributed by atoms with Gasteiger partial charge in [0.2, 0.25) is 11.6 Å². The Morgan fingerprint density at radius 3 is 2.24 bits per heavy atom. The van der Waals surface area contributed by atoms with Gasteiger partial charge in [0.25, 0.3) is 0 Å². The molecule has 5 rings (SSSR count). The molecule has 0 aromatic rings. The molecule has 0 spiro atoms. The average molecular weight is 471 g/mol. The molecule has 2 aliphatic heterocycles. The summed E-state index contributed by atoms with van der Waals surface area (Å²) in [7, 11) is 0. The Labute approximate surface area is 197 Å². The third-order valence-electron chi connectivity index (χ3n) is 8.72. The van der Waals surface area contributed by atoms with Crippen LogP contribution in [0.3, 0.4) is 0 Å². The van der Waals surface area contributed by atoms with E-state index in [1.54, 1.807) is 25.2 Å². The highest BCUT2D eigenvalue weighted by molar-refractivity contribution is 6.07. The summed E-state index contributed by atoms with van der Waals surface area (Å²) in [5.41, 5.74) is -3.55. The molecule has 0 unspecified atom stereocenters. The zero-order valence-electron chi connectivity index (χ0n) is 19.6. The van der Waals surface area contributed by atoms with E-state index < -0.39 is 52.2 Å². The smallest absolute Gasteiger partial charge is 0.207 e. The molecular weight excluding hydrogens is 440 g/mol. The molecule has 2 heterocycles. The molecule has 8 atom stereocenters. The standard InChI is InChI=1S/C26H30O8/c1-5-7-9-11-13(27)15-17-21-25(31)24(4,19(15)29)18-16(14(28)12-10-8-6-2)20(30)23(17,3)26(32,33-21)22(18)34-25/h5-9,11,17-18,21-22,27,30-32H,10,12H2,1-4H3/b7-5+,8-6+,11-9+,15-13?/t17-,18-,21-,22-,23+,24+,25-,26-/m0/s1. The third-order valence-corrected chi connectivity index (χ3v) is 8.72. The molecule has 0 aromatic carbocycles. The molecule has 0 amide bonds. The van der Waals surface area contributed by atoms with Gasteiger partial charge in [-0.1, -0.05) is 30.4 Å². The van der Waals surface area contributed by atoms with E-state index in [1.165, 1.54) is 19.9 Å². The van der Waals surface area contributed by atoms with E-state index in [2.05, 4.69) is 0 Å². The number of aliphatic hydroxyl groups excluding tert-OH is 2. The summed E-state index contributed by atoms with van der Waals surface area (Å²) in [5, 5.41) is 46.1. The van der Waals surface area contributed by atoms with Gasteiger partial charge in [0.05, 0.1) is 10.8 Å². The summed E-state index contributed by atoms with van der Waals surface area (Å²) >= 11 is 0. The number of hydrogen-bond donors (Lipinski definition) is 4. The molecule has 8 nitrogen and oxygen atoms in total. The summed E-state index contributed by atoms with van der Waals surface area (Å²) in [5.74, 6) is -8.24. The van der Waals surface area contributed by atoms with Crippen LogP contribution in [0.15, 0.2) is 59.1 Å². The number of carbonyl (C=O) groups excluding carboxylic acids is 2. The maximum Gasteiger partial charge on any atom is 0.207 e. The summed E-state index contributed by atoms with van der Waals surface area (Å²) in [6.45, 7) is 6.59. The molecule has 2 saturated heterocycles. The molecule has 182 valence electrons. The quantitative estimate of drug-likeness (QED) is 0.202. The molecule has 4 fully saturated rings. The van der Waals surface area contributed by atoms with Crippen LogP contribution in [-0.4, -0.2) is 55.8 Å². The molecule has 8 heteroatoms. The third kappa shape index (κ3) is 2.23. The maximum absolute atomic E-state index is 14.1. The van der Waals surface area contributed by atoms with Crippen molar-refractivity contribution in [1.82, 2.24) is 0 Å². The second kappa shape index (κ2) is 7.01. The van der Waals surface area contributed by atoms with Gasteiger partial charge in [-0.2, -0.15) is 0 Å². The predicted molar refractivity (Wildman–Crippen MR) is 120 cm³/mol. The molecule has 3 aliphatic carbocycles. The lowest BCUT2D eigenvalue weighted by molar-refractivity contribution is -0.397. The van der Waals surface area contributed by atoms with E-state index in [4.69, 9.17) is 9.47 Å². The topological polar surface area (TPSA) is 134 Å². The normalized spacial score (nSPS) is 47.9. The Bertz CT molecular complexity index is 1140. The van der Waals surface area contributed by atoms with E-state index in [-0.39, 0.29) is 34.9 Å². The first-order valence-electron chi connectivity index (χ1n) is 11.6. The highest BCUT2D eigenvalue weighted by atomic mass is 16.8. The van der Waals surface area contributed by atoms with Crippen LogP contribution in [0.1, 0.15) is 40.5 Å². The molecule has 2 saturated carbocycles. The van der Waals surface area contributed by atoms with Crippen molar-refractivity contribution >= 4 is 11.6 Å². The van der Waals surface area contributed by atoms with Crippen molar-refractivity contribution in [2.24, 2.45) is 22.7 Å². The Balaban J connectivity index is 1.80. The number of hydrogen-bond acceptors (Lipinski definition) is 8. The number of ether oxygens (including phenoxy) is 2. The summed E-state index contributed by atoms with van der Waals surface area (Å²) in [6, 6.07) is 0. The van der Waals surface area contributed by atoms with Crippen molar-refractivity contribution in [2.75, 3.05) is 0 Å². The van der Waals surface area contributed by atoms with E-state index in [9.17, 15) is 30.0 Å². The van der Waals surface area contributed by atoms with Crippen molar-refractivity contribution in [3.05, 3.63) is 59.1 Å². The second-order valence-corrected chi connectivity index (χ2v) is 10.1. The number of ketones is 2. The number of carbonyl (C=O) groups is 2. The van der Waals surface area contributed by atoms with Gasteiger partial charge in [-0.3, -0.25) is 9.59 Å². The van der Waals surface area contributed by atoms with Gasteiger partial charge in [0, 0.05) is 29.4 Å². The van der Waals surface area contributed by atoms with Gasteiger partial charge in [-0.15, -0.1) is 0 Å². The fraction of sp³-hybridized carbons (Fsp3) is 0.538. The highest BCUT2D eigenvalue weighted by Gasteiger charge is 2.92. The van der Waals surface area contributed by atoms with Crippen molar-refractivity contribution in [2.45, 2.75) is 64.3 Å². The molecule has 4 N–H and O–H groups in total. The van der Waals surface area contributed by atoms with Crippen molar-refractivity contribution in [3.8, 4) is 0 Å². The predicted octanol–water partition coefficient (Wildman–Crippen LogP) is 2.70. The molecule has 5 aliphatic rings. The minimum atomic E-state index is -2.14. The van der Waals surface area contributed by atoms with Gasteiger partial charge in [0.1, 0.15) is 23.7 Å². The van der Waals surface area contributed by atoms with Gasteiger partial charge in [-0.25, -0.2) is 0 Å². The Kier molecular flexibility index (Phi) is 4.79. The SMILES string of the molecule is C/C=C/C=C/C(O)=C1C(=O)[C@@]2(C)[C@H]3C(C(=O)CC/C=C/C)=C(O)[C@@]4(C)[C@@H]1[C@@H]1O[C@@]4(O)[C@H]3O[C@@]12O. The Morgan fingerprint density at radius 2 is 1.62 bits per heavy atom. The van der Waals surface area contributed by atoms with Gasteiger partial charge in [-0.05, 0) is 40.2 Å². The lowest BCUT2D eigenvalue weighted by atomic mass is 9.45. The Morgan fingerprint density at radius 1 is 1.00 bits per heavy atom. The van der Waals surface area contributed by atoms with E-state index >= 15 is 0 Å². The van der Waals surface area contributed by atoms with E-state index in [1.807, 2.05) is 19.1 Å². The summed E-state index contributed by atoms with van der Waals surface area (Å²) < 4.78 is 12.0. The molecule has 8 bridgehead atoms. The lowest BCUT2D eigenvalue weighted by Gasteiger charge is -2.54. The fourth-order valence-corrected chi connectivity index (χ4v) is 6.95. The lowest BCUT2D eigenvalue weighted by Crippen LogP contribution is -2.68. The van der Waals surface area contributed by atoms with Gasteiger partial charge in [0.15, 0.2) is 11.6 Å². The summed E-state index contributed by atoms with van der Waals surface area (Å²) in [6.07, 6.45) is 8.02. The number of rotatable bonds is 6. The Hall–Kier alpha value is -2.52.